The number of nitrogens with zero attached hydrogens (tertiary/aromatic N) is 1. The first-order valence-corrected chi connectivity index (χ1v) is 5.87. The number of hydrogen-bond acceptors (Lipinski definition) is 3. The smallest absolute Gasteiger partial charge is 0.0707 e. The summed E-state index contributed by atoms with van der Waals surface area (Å²) >= 11 is 0. The van der Waals surface area contributed by atoms with Gasteiger partial charge in [-0.05, 0) is 39.2 Å². The van der Waals surface area contributed by atoms with E-state index in [1.807, 2.05) is 0 Å². The first kappa shape index (κ1) is 10.4. The third-order valence-corrected chi connectivity index (χ3v) is 3.25. The monoisotopic (exact) mass is 198 g/mol. The predicted octanol–water partition coefficient (Wildman–Crippen LogP) is 0.977. The molecule has 2 N–H and O–H groups in total. The Labute approximate surface area is 86.6 Å². The zero-order valence-electron chi connectivity index (χ0n) is 9.11. The average molecular weight is 198 g/mol. The Morgan fingerprint density at radius 1 is 1.36 bits per heavy atom. The molecule has 0 aromatic carbocycles. The zero-order valence-corrected chi connectivity index (χ0v) is 9.11. The molecule has 2 aliphatic heterocycles. The van der Waals surface area contributed by atoms with Gasteiger partial charge in [-0.2, -0.15) is 0 Å². The second-order valence-corrected chi connectivity index (χ2v) is 4.84. The van der Waals surface area contributed by atoms with Crippen molar-refractivity contribution in [3.63, 3.8) is 0 Å². The summed E-state index contributed by atoms with van der Waals surface area (Å²) < 4.78 is 5.79. The van der Waals surface area contributed by atoms with Gasteiger partial charge in [0.05, 0.1) is 12.2 Å². The second-order valence-electron chi connectivity index (χ2n) is 4.84. The molecule has 0 spiro atoms. The van der Waals surface area contributed by atoms with E-state index < -0.39 is 0 Å². The molecule has 3 nitrogen and oxygen atoms in total. The predicted molar refractivity (Wildman–Crippen MR) is 57.2 cm³/mol. The molecule has 2 rings (SSSR count). The normalized spacial score (nSPS) is 34.7. The van der Waals surface area contributed by atoms with Crippen LogP contribution in [0.3, 0.4) is 0 Å². The van der Waals surface area contributed by atoms with Crippen molar-refractivity contribution < 1.29 is 4.74 Å². The van der Waals surface area contributed by atoms with E-state index in [1.54, 1.807) is 0 Å². The molecule has 0 aliphatic carbocycles. The van der Waals surface area contributed by atoms with Gasteiger partial charge in [0.2, 0.25) is 0 Å². The molecule has 0 amide bonds. The number of nitrogens with two attached hydrogens (primary N) is 1. The van der Waals surface area contributed by atoms with Crippen LogP contribution in [-0.2, 0) is 4.74 Å². The molecule has 82 valence electrons. The van der Waals surface area contributed by atoms with E-state index in [-0.39, 0.29) is 0 Å². The molecule has 2 heterocycles. The minimum atomic E-state index is 0.354. The molecular formula is C11H22N2O. The highest BCUT2D eigenvalue weighted by Crippen LogP contribution is 2.26. The third-order valence-electron chi connectivity index (χ3n) is 3.25. The van der Waals surface area contributed by atoms with E-state index in [4.69, 9.17) is 10.5 Å². The number of morpholine rings is 1. The topological polar surface area (TPSA) is 38.5 Å². The Kier molecular flexibility index (Phi) is 3.42. The van der Waals surface area contributed by atoms with Gasteiger partial charge in [0, 0.05) is 19.1 Å². The van der Waals surface area contributed by atoms with Crippen LogP contribution in [0.1, 0.15) is 32.6 Å². The van der Waals surface area contributed by atoms with Crippen LogP contribution in [0, 0.1) is 0 Å². The van der Waals surface area contributed by atoms with Crippen LogP contribution in [0.2, 0.25) is 0 Å². The van der Waals surface area contributed by atoms with Crippen molar-refractivity contribution in [3.05, 3.63) is 0 Å². The SMILES string of the molecule is CC(N)CCCN1CC2CCC(C1)O2. The Morgan fingerprint density at radius 2 is 2.00 bits per heavy atom. The lowest BCUT2D eigenvalue weighted by molar-refractivity contribution is -0.0385. The van der Waals surface area contributed by atoms with Crippen LogP contribution in [0.5, 0.6) is 0 Å². The van der Waals surface area contributed by atoms with Gasteiger partial charge in [-0.1, -0.05) is 0 Å². The van der Waals surface area contributed by atoms with Crippen molar-refractivity contribution >= 4 is 0 Å². The van der Waals surface area contributed by atoms with Crippen molar-refractivity contribution in [2.75, 3.05) is 19.6 Å². The van der Waals surface area contributed by atoms with Gasteiger partial charge >= 0.3 is 0 Å². The first-order chi connectivity index (χ1) is 6.74. The summed E-state index contributed by atoms with van der Waals surface area (Å²) in [5.41, 5.74) is 5.73. The molecule has 3 unspecified atom stereocenters. The van der Waals surface area contributed by atoms with Crippen LogP contribution >= 0.6 is 0 Å². The van der Waals surface area contributed by atoms with E-state index in [2.05, 4.69) is 11.8 Å². The van der Waals surface area contributed by atoms with Gasteiger partial charge in [0.15, 0.2) is 0 Å². The van der Waals surface area contributed by atoms with Gasteiger partial charge in [0.1, 0.15) is 0 Å². The average Bonchev–Trinajstić information content (AvgIpc) is 2.45. The molecule has 2 aliphatic rings. The van der Waals surface area contributed by atoms with Crippen LogP contribution in [0.4, 0.5) is 0 Å². The number of likely N-dealkylation sites (tertiary alicyclic amines) is 1. The van der Waals surface area contributed by atoms with E-state index in [1.165, 1.54) is 25.8 Å². The molecular weight excluding hydrogens is 176 g/mol. The molecule has 0 radical (unpaired) electrons. The fourth-order valence-corrected chi connectivity index (χ4v) is 2.52. The minimum Gasteiger partial charge on any atom is -0.372 e. The third kappa shape index (κ3) is 2.69. The largest absolute Gasteiger partial charge is 0.372 e. The van der Waals surface area contributed by atoms with Gasteiger partial charge in [-0.3, -0.25) is 4.90 Å². The summed E-state index contributed by atoms with van der Waals surface area (Å²) in [6.45, 7) is 5.59. The van der Waals surface area contributed by atoms with Gasteiger partial charge < -0.3 is 10.5 Å². The zero-order chi connectivity index (χ0) is 9.97. The highest BCUT2D eigenvalue weighted by molar-refractivity contribution is 4.84. The van der Waals surface area contributed by atoms with E-state index in [0.717, 1.165) is 19.5 Å². The Balaban J connectivity index is 1.67. The van der Waals surface area contributed by atoms with Crippen LogP contribution in [0.25, 0.3) is 0 Å². The van der Waals surface area contributed by atoms with Gasteiger partial charge in [-0.25, -0.2) is 0 Å². The standard InChI is InChI=1S/C11H22N2O/c1-9(12)3-2-6-13-7-10-4-5-11(8-13)14-10/h9-11H,2-8,12H2,1H3. The first-order valence-electron chi connectivity index (χ1n) is 5.87. The van der Waals surface area contributed by atoms with Crippen LogP contribution < -0.4 is 5.73 Å². The molecule has 0 saturated carbocycles. The van der Waals surface area contributed by atoms with Crippen molar-refractivity contribution in [1.29, 1.82) is 0 Å². The molecule has 3 atom stereocenters. The van der Waals surface area contributed by atoms with E-state index in [9.17, 15) is 0 Å². The second kappa shape index (κ2) is 4.60. The van der Waals surface area contributed by atoms with Crippen LogP contribution in [-0.4, -0.2) is 42.8 Å². The fraction of sp³-hybridized carbons (Fsp3) is 1.00. The molecule has 14 heavy (non-hydrogen) atoms. The number of hydrogen-bond donors (Lipinski definition) is 1. The molecule has 3 heteroatoms. The fourth-order valence-electron chi connectivity index (χ4n) is 2.52. The molecule has 0 aromatic rings. The summed E-state index contributed by atoms with van der Waals surface area (Å²) in [4.78, 5) is 2.55. The highest BCUT2D eigenvalue weighted by Gasteiger charge is 2.33. The maximum atomic E-state index is 5.79. The van der Waals surface area contributed by atoms with Crippen molar-refractivity contribution in [2.24, 2.45) is 5.73 Å². The van der Waals surface area contributed by atoms with Gasteiger partial charge in [0.25, 0.3) is 0 Å². The molecule has 0 aromatic heterocycles. The summed E-state index contributed by atoms with van der Waals surface area (Å²) in [7, 11) is 0. The summed E-state index contributed by atoms with van der Waals surface area (Å²) in [6, 6.07) is 0.354. The molecule has 2 fully saturated rings. The lowest BCUT2D eigenvalue weighted by Gasteiger charge is -2.32. The number of ether oxygens (including phenoxy) is 1. The van der Waals surface area contributed by atoms with Crippen molar-refractivity contribution in [3.8, 4) is 0 Å². The maximum absolute atomic E-state index is 5.79. The van der Waals surface area contributed by atoms with Crippen molar-refractivity contribution in [1.82, 2.24) is 4.90 Å². The highest BCUT2D eigenvalue weighted by atomic mass is 16.5. The Bertz CT molecular complexity index is 172. The molecule has 2 bridgehead atoms. The van der Waals surface area contributed by atoms with Crippen LogP contribution in [0.15, 0.2) is 0 Å². The lowest BCUT2D eigenvalue weighted by Crippen LogP contribution is -2.43. The lowest BCUT2D eigenvalue weighted by atomic mass is 10.2. The maximum Gasteiger partial charge on any atom is 0.0707 e. The van der Waals surface area contributed by atoms with Crippen molar-refractivity contribution in [2.45, 2.75) is 50.9 Å². The Hall–Kier alpha value is -0.120. The quantitative estimate of drug-likeness (QED) is 0.731. The molecule has 2 saturated heterocycles. The van der Waals surface area contributed by atoms with E-state index in [0.29, 0.717) is 18.2 Å². The summed E-state index contributed by atoms with van der Waals surface area (Å²) in [6.07, 6.45) is 5.99. The minimum absolute atomic E-state index is 0.354. The van der Waals surface area contributed by atoms with Gasteiger partial charge in [-0.15, -0.1) is 0 Å². The number of fused-ring (bicyclic) bond motifs is 2. The van der Waals surface area contributed by atoms with E-state index >= 15 is 0 Å². The Morgan fingerprint density at radius 3 is 2.57 bits per heavy atom. The summed E-state index contributed by atoms with van der Waals surface area (Å²) in [5.74, 6) is 0. The summed E-state index contributed by atoms with van der Waals surface area (Å²) in [5, 5.41) is 0. The number of rotatable bonds is 4.